The van der Waals surface area contributed by atoms with Crippen LogP contribution in [0.15, 0.2) is 23.3 Å². The molecule has 0 radical (unpaired) electrons. The van der Waals surface area contributed by atoms with E-state index in [1.54, 1.807) is 5.57 Å². The monoisotopic (exact) mass is 323 g/mol. The summed E-state index contributed by atoms with van der Waals surface area (Å²) in [6.07, 6.45) is 11.5. The summed E-state index contributed by atoms with van der Waals surface area (Å²) in [7, 11) is 0. The third-order valence-corrected chi connectivity index (χ3v) is 8.17. The van der Waals surface area contributed by atoms with Gasteiger partial charge in [0.2, 0.25) is 11.8 Å². The van der Waals surface area contributed by atoms with Gasteiger partial charge in [-0.2, -0.15) is 0 Å². The Morgan fingerprint density at radius 1 is 0.833 bits per heavy atom. The summed E-state index contributed by atoms with van der Waals surface area (Å²) in [6, 6.07) is 0. The molecule has 1 saturated heterocycles. The number of rotatable bonds is 1. The highest BCUT2D eigenvalue weighted by Gasteiger charge is 2.62. The van der Waals surface area contributed by atoms with Crippen LogP contribution in [0.1, 0.15) is 39.0 Å². The number of hydrogen-bond donors (Lipinski definition) is 0. The van der Waals surface area contributed by atoms with E-state index < -0.39 is 0 Å². The third-order valence-electron chi connectivity index (χ3n) is 8.17. The molecule has 126 valence electrons. The molecule has 24 heavy (non-hydrogen) atoms. The summed E-state index contributed by atoms with van der Waals surface area (Å²) in [5, 5.41) is 0. The van der Waals surface area contributed by atoms with E-state index in [0.717, 1.165) is 23.7 Å². The fourth-order valence-corrected chi connectivity index (χ4v) is 7.68. The molecule has 4 atom stereocenters. The van der Waals surface area contributed by atoms with Gasteiger partial charge in [-0.05, 0) is 62.7 Å². The van der Waals surface area contributed by atoms with Gasteiger partial charge in [0.05, 0.1) is 11.8 Å². The lowest BCUT2D eigenvalue weighted by Crippen LogP contribution is -2.41. The van der Waals surface area contributed by atoms with E-state index in [4.69, 9.17) is 0 Å². The van der Waals surface area contributed by atoms with Gasteiger partial charge in [-0.15, -0.1) is 0 Å². The fourth-order valence-electron chi connectivity index (χ4n) is 7.68. The molecule has 7 aliphatic rings. The summed E-state index contributed by atoms with van der Waals surface area (Å²) in [4.78, 5) is 27.1. The number of imide groups is 1. The maximum Gasteiger partial charge on any atom is 0.234 e. The predicted octanol–water partition coefficient (Wildman–Crippen LogP) is 3.18. The maximum absolute atomic E-state index is 12.8. The van der Waals surface area contributed by atoms with E-state index in [-0.39, 0.29) is 35.5 Å². The molecule has 6 aliphatic carbocycles. The molecule has 0 unspecified atom stereocenters. The second-order valence-electron chi connectivity index (χ2n) is 9.12. The number of likely N-dealkylation sites (tertiary alicyclic amines) is 1. The minimum atomic E-state index is -0.0767. The zero-order valence-corrected chi connectivity index (χ0v) is 14.3. The van der Waals surface area contributed by atoms with Crippen LogP contribution < -0.4 is 0 Å². The SMILES string of the molecule is CCN1C(=O)[C@@H]2[C@H](C1=O)[C@H]1C=C[C@H]2C1=C1C2CC3CC(C2)CC1C3. The van der Waals surface area contributed by atoms with E-state index in [9.17, 15) is 9.59 Å². The highest BCUT2D eigenvalue weighted by atomic mass is 16.2. The fraction of sp³-hybridized carbons (Fsp3) is 0.714. The minimum absolute atomic E-state index is 0.0767. The molecule has 0 aromatic rings. The standard InChI is InChI=1S/C21H25NO2/c1-2-22-20(23)18-14-3-4-15(19(18)21(22)24)17(14)16-12-6-10-5-11(8-12)9-13(16)7-10/h3-4,10-15,18-19H,2,5-9H2,1H3/t10?,11?,12?,13?,14-,15-,18-,19+/m0/s1. The van der Waals surface area contributed by atoms with Crippen LogP contribution in [0.25, 0.3) is 0 Å². The second-order valence-corrected chi connectivity index (χ2v) is 9.12. The predicted molar refractivity (Wildman–Crippen MR) is 89.6 cm³/mol. The van der Waals surface area contributed by atoms with Crippen molar-refractivity contribution in [3.8, 4) is 0 Å². The molecule has 1 heterocycles. The molecule has 3 nitrogen and oxygen atoms in total. The molecule has 7 rings (SSSR count). The van der Waals surface area contributed by atoms with Crippen molar-refractivity contribution < 1.29 is 9.59 Å². The van der Waals surface area contributed by atoms with Gasteiger partial charge in [0.25, 0.3) is 0 Å². The van der Waals surface area contributed by atoms with E-state index in [1.165, 1.54) is 42.6 Å². The summed E-state index contributed by atoms with van der Waals surface area (Å²) < 4.78 is 0. The minimum Gasteiger partial charge on any atom is -0.282 e. The van der Waals surface area contributed by atoms with Crippen LogP contribution in [0, 0.1) is 47.3 Å². The van der Waals surface area contributed by atoms with Crippen molar-refractivity contribution in [1.82, 2.24) is 4.90 Å². The molecule has 3 heteroatoms. The lowest BCUT2D eigenvalue weighted by atomic mass is 9.53. The molecule has 2 amide bonds. The molecule has 0 spiro atoms. The smallest absolute Gasteiger partial charge is 0.234 e. The van der Waals surface area contributed by atoms with Gasteiger partial charge in [0, 0.05) is 18.4 Å². The summed E-state index contributed by atoms with van der Waals surface area (Å²) in [6.45, 7) is 2.45. The first-order valence-corrected chi connectivity index (χ1v) is 9.94. The van der Waals surface area contributed by atoms with Gasteiger partial charge in [-0.1, -0.05) is 23.3 Å². The number of carbonyl (C=O) groups excluding carboxylic acids is 2. The zero-order valence-electron chi connectivity index (χ0n) is 14.3. The normalized spacial score (nSPS) is 50.6. The summed E-state index contributed by atoms with van der Waals surface area (Å²) in [5.74, 6) is 3.99. The molecular weight excluding hydrogens is 298 g/mol. The molecule has 5 saturated carbocycles. The van der Waals surface area contributed by atoms with E-state index >= 15 is 0 Å². The number of nitrogens with zero attached hydrogens (tertiary/aromatic N) is 1. The largest absolute Gasteiger partial charge is 0.282 e. The Hall–Kier alpha value is -1.38. The Morgan fingerprint density at radius 2 is 1.33 bits per heavy atom. The second kappa shape index (κ2) is 4.42. The highest BCUT2D eigenvalue weighted by Crippen LogP contribution is 2.63. The summed E-state index contributed by atoms with van der Waals surface area (Å²) in [5.41, 5.74) is 3.26. The molecule has 6 bridgehead atoms. The molecule has 0 aromatic heterocycles. The maximum atomic E-state index is 12.8. The molecule has 0 N–H and O–H groups in total. The van der Waals surface area contributed by atoms with Gasteiger partial charge in [-0.3, -0.25) is 14.5 Å². The average molecular weight is 323 g/mol. The van der Waals surface area contributed by atoms with Crippen molar-refractivity contribution in [2.75, 3.05) is 6.54 Å². The van der Waals surface area contributed by atoms with Crippen LogP contribution in [-0.4, -0.2) is 23.3 Å². The number of amides is 2. The van der Waals surface area contributed by atoms with Crippen molar-refractivity contribution in [3.05, 3.63) is 23.3 Å². The van der Waals surface area contributed by atoms with Crippen molar-refractivity contribution in [1.29, 1.82) is 0 Å². The molecule has 1 aliphatic heterocycles. The van der Waals surface area contributed by atoms with Crippen LogP contribution in [-0.2, 0) is 9.59 Å². The zero-order chi connectivity index (χ0) is 16.2. The van der Waals surface area contributed by atoms with Gasteiger partial charge < -0.3 is 0 Å². The van der Waals surface area contributed by atoms with Crippen LogP contribution in [0.4, 0.5) is 0 Å². The van der Waals surface area contributed by atoms with E-state index in [1.807, 2.05) is 6.92 Å². The van der Waals surface area contributed by atoms with Crippen molar-refractivity contribution in [2.45, 2.75) is 39.0 Å². The number of fused-ring (bicyclic) bond motifs is 5. The first-order chi connectivity index (χ1) is 11.7. The van der Waals surface area contributed by atoms with E-state index in [2.05, 4.69) is 12.2 Å². The van der Waals surface area contributed by atoms with Gasteiger partial charge in [-0.25, -0.2) is 0 Å². The van der Waals surface area contributed by atoms with Crippen molar-refractivity contribution >= 4 is 11.8 Å². The van der Waals surface area contributed by atoms with Crippen LogP contribution in [0.3, 0.4) is 0 Å². The highest BCUT2D eigenvalue weighted by molar-refractivity contribution is 6.07. The number of allylic oxidation sites excluding steroid dienone is 4. The number of carbonyl (C=O) groups is 2. The summed E-state index contributed by atoms with van der Waals surface area (Å²) >= 11 is 0. The van der Waals surface area contributed by atoms with Crippen LogP contribution in [0.2, 0.25) is 0 Å². The first kappa shape index (κ1) is 13.9. The quantitative estimate of drug-likeness (QED) is 0.549. The number of hydrogen-bond acceptors (Lipinski definition) is 2. The van der Waals surface area contributed by atoms with Crippen molar-refractivity contribution in [3.63, 3.8) is 0 Å². The lowest BCUT2D eigenvalue weighted by molar-refractivity contribution is -0.140. The van der Waals surface area contributed by atoms with Crippen molar-refractivity contribution in [2.24, 2.45) is 47.3 Å². The molecular formula is C21H25NO2. The van der Waals surface area contributed by atoms with Crippen LogP contribution >= 0.6 is 0 Å². The van der Waals surface area contributed by atoms with Gasteiger partial charge in [0.15, 0.2) is 0 Å². The Labute approximate surface area is 143 Å². The third kappa shape index (κ3) is 1.46. The van der Waals surface area contributed by atoms with Crippen LogP contribution in [0.5, 0.6) is 0 Å². The Morgan fingerprint density at radius 3 is 1.79 bits per heavy atom. The lowest BCUT2D eigenvalue weighted by Gasteiger charge is -2.52. The Kier molecular flexibility index (Phi) is 2.55. The molecule has 0 aromatic carbocycles. The molecule has 6 fully saturated rings. The van der Waals surface area contributed by atoms with Gasteiger partial charge >= 0.3 is 0 Å². The average Bonchev–Trinajstić information content (AvgIpc) is 3.17. The first-order valence-electron chi connectivity index (χ1n) is 9.94. The Balaban J connectivity index is 1.45. The van der Waals surface area contributed by atoms with Gasteiger partial charge in [0.1, 0.15) is 0 Å². The Bertz CT molecular complexity index is 653. The van der Waals surface area contributed by atoms with E-state index in [0.29, 0.717) is 6.54 Å². The topological polar surface area (TPSA) is 37.4 Å².